The number of hydrogen-bond acceptors (Lipinski definition) is 6. The van der Waals surface area contributed by atoms with Crippen LogP contribution in [0.5, 0.6) is 0 Å². The highest BCUT2D eigenvalue weighted by molar-refractivity contribution is 7.99. The molecule has 1 atom stereocenters. The first-order chi connectivity index (χ1) is 17.0. The highest BCUT2D eigenvalue weighted by atomic mass is 32.2. The zero-order chi connectivity index (χ0) is 24.4. The third-order valence-electron chi connectivity index (χ3n) is 7.27. The summed E-state index contributed by atoms with van der Waals surface area (Å²) in [6, 6.07) is 16.7. The molecule has 3 aliphatic heterocycles. The minimum atomic E-state index is -0.744. The predicted octanol–water partition coefficient (Wildman–Crippen LogP) is 4.35. The largest absolute Gasteiger partial charge is 0.354 e. The summed E-state index contributed by atoms with van der Waals surface area (Å²) >= 11 is 1.79. The smallest absolute Gasteiger partial charge is 0.325 e. The second kappa shape index (κ2) is 10.0. The third kappa shape index (κ3) is 4.82. The molecule has 0 bridgehead atoms. The van der Waals surface area contributed by atoms with Gasteiger partial charge < -0.3 is 10.2 Å². The summed E-state index contributed by atoms with van der Waals surface area (Å²) in [7, 11) is 0. The normalized spacial score (nSPS) is 22.4. The zero-order valence-electron chi connectivity index (χ0n) is 20.5. The predicted molar refractivity (Wildman–Crippen MR) is 139 cm³/mol. The molecule has 2 fully saturated rings. The van der Waals surface area contributed by atoms with E-state index in [1.807, 2.05) is 6.92 Å². The molecule has 0 radical (unpaired) electrons. The Morgan fingerprint density at radius 3 is 2.37 bits per heavy atom. The molecular weight excluding hydrogens is 458 g/mol. The Morgan fingerprint density at radius 1 is 0.943 bits per heavy atom. The second-order valence-corrected chi connectivity index (χ2v) is 10.7. The van der Waals surface area contributed by atoms with Crippen LogP contribution in [0.1, 0.15) is 38.7 Å². The highest BCUT2D eigenvalue weighted by Gasteiger charge is 2.45. The molecule has 2 aromatic carbocycles. The van der Waals surface area contributed by atoms with E-state index in [2.05, 4.69) is 63.6 Å². The van der Waals surface area contributed by atoms with Crippen molar-refractivity contribution < 1.29 is 9.59 Å². The average molecular weight is 492 g/mol. The molecule has 3 aliphatic rings. The van der Waals surface area contributed by atoms with E-state index < -0.39 is 5.54 Å². The van der Waals surface area contributed by atoms with Crippen LogP contribution in [0.4, 0.5) is 10.5 Å². The first-order valence-electron chi connectivity index (χ1n) is 12.5. The molecule has 184 valence electrons. The van der Waals surface area contributed by atoms with Crippen molar-refractivity contribution in [2.75, 3.05) is 39.3 Å². The minimum absolute atomic E-state index is 0.0946. The second-order valence-electron chi connectivity index (χ2n) is 9.61. The molecule has 7 nitrogen and oxygen atoms in total. The van der Waals surface area contributed by atoms with Crippen molar-refractivity contribution in [3.63, 3.8) is 0 Å². The average Bonchev–Trinajstić information content (AvgIpc) is 3.01. The van der Waals surface area contributed by atoms with Gasteiger partial charge in [-0.1, -0.05) is 49.0 Å². The Kier molecular flexibility index (Phi) is 6.84. The maximum Gasteiger partial charge on any atom is 0.325 e. The van der Waals surface area contributed by atoms with Gasteiger partial charge in [-0.25, -0.2) is 9.79 Å². The lowest BCUT2D eigenvalue weighted by Gasteiger charge is -2.36. The highest BCUT2D eigenvalue weighted by Crippen LogP contribution is 2.40. The van der Waals surface area contributed by atoms with Gasteiger partial charge in [-0.2, -0.15) is 0 Å². The SMILES string of the molecule is CCC1(C)NC(=O)N(CCCCN2CCN(C3=Nc4ccccc4Sc4ccccc43)CC2)C1=O. The number of carbonyl (C=O) groups is 2. The molecule has 1 unspecified atom stereocenters. The van der Waals surface area contributed by atoms with Crippen LogP contribution in [0.25, 0.3) is 0 Å². The molecule has 2 saturated heterocycles. The number of para-hydroxylation sites is 1. The minimum Gasteiger partial charge on any atom is -0.354 e. The van der Waals surface area contributed by atoms with E-state index in [0.29, 0.717) is 13.0 Å². The molecule has 1 N–H and O–H groups in total. The van der Waals surface area contributed by atoms with Gasteiger partial charge in [-0.15, -0.1) is 0 Å². The van der Waals surface area contributed by atoms with Crippen molar-refractivity contribution in [1.29, 1.82) is 0 Å². The van der Waals surface area contributed by atoms with E-state index in [9.17, 15) is 9.59 Å². The lowest BCUT2D eigenvalue weighted by molar-refractivity contribution is -0.130. The molecule has 8 heteroatoms. The maximum atomic E-state index is 12.6. The lowest BCUT2D eigenvalue weighted by Crippen LogP contribution is -2.49. The number of benzene rings is 2. The zero-order valence-corrected chi connectivity index (χ0v) is 21.3. The topological polar surface area (TPSA) is 68.2 Å². The van der Waals surface area contributed by atoms with Crippen LogP contribution in [0.2, 0.25) is 0 Å². The summed E-state index contributed by atoms with van der Waals surface area (Å²) in [5, 5.41) is 2.83. The third-order valence-corrected chi connectivity index (χ3v) is 8.41. The number of urea groups is 1. The number of nitrogens with zero attached hydrogens (tertiary/aromatic N) is 4. The van der Waals surface area contributed by atoms with Crippen LogP contribution >= 0.6 is 11.8 Å². The number of aliphatic imine (C=N–C) groups is 1. The van der Waals surface area contributed by atoms with E-state index in [0.717, 1.165) is 57.1 Å². The molecule has 3 heterocycles. The number of hydrogen-bond donors (Lipinski definition) is 1. The van der Waals surface area contributed by atoms with Gasteiger partial charge in [0, 0.05) is 48.1 Å². The van der Waals surface area contributed by atoms with E-state index in [4.69, 9.17) is 4.99 Å². The molecule has 0 spiro atoms. The van der Waals surface area contributed by atoms with Crippen LogP contribution in [-0.2, 0) is 4.79 Å². The Hall–Kier alpha value is -2.84. The summed E-state index contributed by atoms with van der Waals surface area (Å²) in [6.45, 7) is 9.03. The van der Waals surface area contributed by atoms with Crippen LogP contribution in [0, 0.1) is 0 Å². The van der Waals surface area contributed by atoms with Gasteiger partial charge in [-0.3, -0.25) is 14.6 Å². The van der Waals surface area contributed by atoms with E-state index in [1.165, 1.54) is 20.3 Å². The van der Waals surface area contributed by atoms with Crippen molar-refractivity contribution >= 4 is 35.2 Å². The number of amidine groups is 1. The fourth-order valence-corrected chi connectivity index (χ4v) is 5.91. The van der Waals surface area contributed by atoms with Gasteiger partial charge in [0.15, 0.2) is 0 Å². The fourth-order valence-electron chi connectivity index (χ4n) is 4.89. The molecule has 0 aliphatic carbocycles. The molecule has 35 heavy (non-hydrogen) atoms. The summed E-state index contributed by atoms with van der Waals surface area (Å²) in [6.07, 6.45) is 2.40. The molecule has 5 rings (SSSR count). The standard InChI is InChI=1S/C27H33N5O2S/c1-3-27(2)25(33)32(26(34)29-27)15-9-8-14-30-16-18-31(19-17-30)24-20-10-4-6-12-22(20)35-23-13-7-5-11-21(23)28-24/h4-7,10-13H,3,8-9,14-19H2,1-2H3,(H,29,34). The van der Waals surface area contributed by atoms with Crippen molar-refractivity contribution in [1.82, 2.24) is 20.0 Å². The van der Waals surface area contributed by atoms with Gasteiger partial charge >= 0.3 is 6.03 Å². The number of amides is 3. The van der Waals surface area contributed by atoms with E-state index in [-0.39, 0.29) is 11.9 Å². The first-order valence-corrected chi connectivity index (χ1v) is 13.4. The van der Waals surface area contributed by atoms with Crippen LogP contribution in [-0.4, -0.2) is 77.3 Å². The van der Waals surface area contributed by atoms with Gasteiger partial charge in [0.05, 0.1) is 5.69 Å². The quantitative estimate of drug-likeness (QED) is 0.481. The Morgan fingerprint density at radius 2 is 1.63 bits per heavy atom. The fraction of sp³-hybridized carbons (Fsp3) is 0.444. The van der Waals surface area contributed by atoms with E-state index >= 15 is 0 Å². The van der Waals surface area contributed by atoms with Crippen LogP contribution < -0.4 is 5.32 Å². The molecule has 2 aromatic rings. The Balaban J connectivity index is 1.16. The Bertz CT molecular complexity index is 1140. The molecule has 0 aromatic heterocycles. The number of unbranched alkanes of at least 4 members (excludes halogenated alkanes) is 1. The summed E-state index contributed by atoms with van der Waals surface area (Å²) < 4.78 is 0. The van der Waals surface area contributed by atoms with Gasteiger partial charge in [-0.05, 0) is 50.9 Å². The van der Waals surface area contributed by atoms with Crippen molar-refractivity contribution in [2.24, 2.45) is 4.99 Å². The Labute approximate surface area is 211 Å². The number of piperazine rings is 1. The summed E-state index contributed by atoms with van der Waals surface area (Å²) in [5.41, 5.74) is 1.49. The summed E-state index contributed by atoms with van der Waals surface area (Å²) in [5.74, 6) is 0.970. The van der Waals surface area contributed by atoms with Crippen molar-refractivity contribution in [2.45, 2.75) is 48.4 Å². The molecule has 0 saturated carbocycles. The number of carbonyl (C=O) groups excluding carboxylic acids is 2. The van der Waals surface area contributed by atoms with Crippen LogP contribution in [0.3, 0.4) is 0 Å². The monoisotopic (exact) mass is 491 g/mol. The lowest BCUT2D eigenvalue weighted by atomic mass is 9.99. The van der Waals surface area contributed by atoms with Gasteiger partial charge in [0.25, 0.3) is 5.91 Å². The number of nitrogens with one attached hydrogen (secondary N) is 1. The first kappa shape index (κ1) is 23.9. The maximum absolute atomic E-state index is 12.6. The van der Waals surface area contributed by atoms with Crippen LogP contribution in [0.15, 0.2) is 63.3 Å². The van der Waals surface area contributed by atoms with Crippen molar-refractivity contribution in [3.8, 4) is 0 Å². The van der Waals surface area contributed by atoms with Gasteiger partial charge in [0.2, 0.25) is 0 Å². The molecular formula is C27H33N5O2S. The van der Waals surface area contributed by atoms with Gasteiger partial charge in [0.1, 0.15) is 11.4 Å². The van der Waals surface area contributed by atoms with E-state index in [1.54, 1.807) is 18.7 Å². The van der Waals surface area contributed by atoms with Crippen molar-refractivity contribution in [3.05, 3.63) is 54.1 Å². The number of fused-ring (bicyclic) bond motifs is 2. The number of imide groups is 1. The molecule has 3 amide bonds. The number of rotatable bonds is 6. The summed E-state index contributed by atoms with van der Waals surface area (Å²) in [4.78, 5) is 38.6.